The maximum absolute atomic E-state index is 11.6. The van der Waals surface area contributed by atoms with Crippen LogP contribution in [0.2, 0.25) is 0 Å². The van der Waals surface area contributed by atoms with Crippen molar-refractivity contribution in [1.82, 2.24) is 10.6 Å². The number of aryl methyl sites for hydroxylation is 2. The highest BCUT2D eigenvalue weighted by Crippen LogP contribution is 2.16. The fourth-order valence-corrected chi connectivity index (χ4v) is 2.54. The number of methoxy groups -OCH3 is 1. The third-order valence-corrected chi connectivity index (χ3v) is 3.91. The van der Waals surface area contributed by atoms with Crippen molar-refractivity contribution in [2.24, 2.45) is 4.99 Å². The van der Waals surface area contributed by atoms with E-state index < -0.39 is 5.97 Å². The van der Waals surface area contributed by atoms with Crippen LogP contribution in [0, 0.1) is 13.8 Å². The van der Waals surface area contributed by atoms with E-state index in [2.05, 4.69) is 15.6 Å². The minimum atomic E-state index is -0.410. The number of hydrogen-bond acceptors (Lipinski definition) is 5. The molecule has 0 spiro atoms. The van der Waals surface area contributed by atoms with Crippen molar-refractivity contribution in [3.8, 4) is 5.75 Å². The number of aliphatic imine (C=N–C) groups is 1. The zero-order chi connectivity index (χ0) is 19.8. The Morgan fingerprint density at radius 3 is 2.64 bits per heavy atom. The third-order valence-electron chi connectivity index (χ3n) is 3.91. The van der Waals surface area contributed by atoms with Gasteiger partial charge in [-0.15, -0.1) is 24.0 Å². The normalized spacial score (nSPS) is 12.0. The molecular formula is C20H28IN3O4. The van der Waals surface area contributed by atoms with Gasteiger partial charge in [0.1, 0.15) is 28.9 Å². The summed E-state index contributed by atoms with van der Waals surface area (Å²) in [6.45, 7) is 6.72. The Hall–Kier alpha value is -2.23. The quantitative estimate of drug-likeness (QED) is 0.262. The molecule has 0 amide bonds. The molecule has 154 valence electrons. The van der Waals surface area contributed by atoms with Gasteiger partial charge >= 0.3 is 5.97 Å². The highest BCUT2D eigenvalue weighted by Gasteiger charge is 2.15. The van der Waals surface area contributed by atoms with Crippen LogP contribution in [0.1, 0.15) is 34.4 Å². The first-order valence-corrected chi connectivity index (χ1v) is 8.78. The van der Waals surface area contributed by atoms with Crippen LogP contribution in [0.25, 0.3) is 0 Å². The predicted molar refractivity (Wildman–Crippen MR) is 120 cm³/mol. The van der Waals surface area contributed by atoms with Gasteiger partial charge in [0.2, 0.25) is 0 Å². The topological polar surface area (TPSA) is 85.1 Å². The molecule has 2 N–H and O–H groups in total. The second-order valence-electron chi connectivity index (χ2n) is 6.23. The summed E-state index contributed by atoms with van der Waals surface area (Å²) in [5.41, 5.74) is 1.59. The lowest BCUT2D eigenvalue weighted by Gasteiger charge is -2.17. The summed E-state index contributed by atoms with van der Waals surface area (Å²) in [4.78, 5) is 15.8. The molecular weight excluding hydrogens is 473 g/mol. The van der Waals surface area contributed by atoms with Crippen LogP contribution < -0.4 is 15.4 Å². The molecule has 2 rings (SSSR count). The highest BCUT2D eigenvalue weighted by molar-refractivity contribution is 14.0. The van der Waals surface area contributed by atoms with E-state index >= 15 is 0 Å². The van der Waals surface area contributed by atoms with Gasteiger partial charge in [-0.1, -0.05) is 12.1 Å². The number of esters is 1. The van der Waals surface area contributed by atoms with Crippen molar-refractivity contribution in [2.75, 3.05) is 20.7 Å². The minimum absolute atomic E-state index is 0. The summed E-state index contributed by atoms with van der Waals surface area (Å²) in [6.07, 6.45) is -0.0397. The second-order valence-corrected chi connectivity index (χ2v) is 6.23. The Morgan fingerprint density at radius 2 is 2.00 bits per heavy atom. The molecule has 0 bridgehead atoms. The van der Waals surface area contributed by atoms with Gasteiger partial charge in [0.15, 0.2) is 5.96 Å². The first kappa shape index (κ1) is 23.8. The summed E-state index contributed by atoms with van der Waals surface area (Å²) in [6, 6.07) is 9.62. The average molecular weight is 501 g/mol. The number of nitrogens with one attached hydrogen (secondary N) is 2. The molecule has 7 nitrogen and oxygen atoms in total. The lowest BCUT2D eigenvalue weighted by Crippen LogP contribution is -2.41. The van der Waals surface area contributed by atoms with Crippen LogP contribution >= 0.6 is 24.0 Å². The third kappa shape index (κ3) is 7.06. The van der Waals surface area contributed by atoms with Gasteiger partial charge in [-0.05, 0) is 44.5 Å². The molecule has 0 aliphatic heterocycles. The summed E-state index contributed by atoms with van der Waals surface area (Å²) in [5, 5.41) is 6.36. The summed E-state index contributed by atoms with van der Waals surface area (Å²) in [5.74, 6) is 2.20. The van der Waals surface area contributed by atoms with Crippen molar-refractivity contribution < 1.29 is 18.7 Å². The van der Waals surface area contributed by atoms with E-state index in [0.29, 0.717) is 36.1 Å². The van der Waals surface area contributed by atoms with Gasteiger partial charge in [-0.2, -0.15) is 0 Å². The SMILES string of the molecule is CN=C(NCc1cc(C(=O)OC)c(C)o1)NCC(C)Oc1cccc(C)c1.I. The van der Waals surface area contributed by atoms with Gasteiger partial charge in [-0.3, -0.25) is 4.99 Å². The monoisotopic (exact) mass is 501 g/mol. The zero-order valence-electron chi connectivity index (χ0n) is 16.9. The molecule has 8 heteroatoms. The largest absolute Gasteiger partial charge is 0.489 e. The van der Waals surface area contributed by atoms with E-state index in [0.717, 1.165) is 11.3 Å². The molecule has 0 saturated carbocycles. The van der Waals surface area contributed by atoms with Gasteiger partial charge in [0.05, 0.1) is 20.2 Å². The number of furan rings is 1. The summed E-state index contributed by atoms with van der Waals surface area (Å²) >= 11 is 0. The predicted octanol–water partition coefficient (Wildman–Crippen LogP) is 3.43. The Morgan fingerprint density at radius 1 is 1.25 bits per heavy atom. The van der Waals surface area contributed by atoms with Crippen LogP contribution in [-0.4, -0.2) is 38.7 Å². The van der Waals surface area contributed by atoms with Crippen LogP contribution in [0.5, 0.6) is 5.75 Å². The Balaban J connectivity index is 0.00000392. The first-order chi connectivity index (χ1) is 12.9. The number of rotatable bonds is 7. The molecule has 0 aliphatic rings. The van der Waals surface area contributed by atoms with Gasteiger partial charge < -0.3 is 24.5 Å². The van der Waals surface area contributed by atoms with Gasteiger partial charge in [-0.25, -0.2) is 4.79 Å². The lowest BCUT2D eigenvalue weighted by atomic mass is 10.2. The number of carbonyl (C=O) groups excluding carboxylic acids is 1. The lowest BCUT2D eigenvalue weighted by molar-refractivity contribution is 0.0599. The molecule has 0 saturated heterocycles. The summed E-state index contributed by atoms with van der Waals surface area (Å²) in [7, 11) is 3.03. The number of halogens is 1. The molecule has 1 heterocycles. The number of ether oxygens (including phenoxy) is 2. The van der Waals surface area contributed by atoms with Gasteiger partial charge in [0, 0.05) is 7.05 Å². The maximum Gasteiger partial charge on any atom is 0.341 e. The number of hydrogen-bond donors (Lipinski definition) is 2. The van der Waals surface area contributed by atoms with Crippen molar-refractivity contribution in [1.29, 1.82) is 0 Å². The number of benzene rings is 1. The molecule has 1 atom stereocenters. The highest BCUT2D eigenvalue weighted by atomic mass is 127. The molecule has 0 radical (unpaired) electrons. The fraction of sp³-hybridized carbons (Fsp3) is 0.400. The number of carbonyl (C=O) groups is 1. The Kier molecular flexibility index (Phi) is 9.84. The smallest absolute Gasteiger partial charge is 0.341 e. The molecule has 0 fully saturated rings. The second kappa shape index (κ2) is 11.6. The number of nitrogens with zero attached hydrogens (tertiary/aromatic N) is 1. The fourth-order valence-electron chi connectivity index (χ4n) is 2.54. The molecule has 0 aliphatic carbocycles. The van der Waals surface area contributed by atoms with Crippen molar-refractivity contribution in [2.45, 2.75) is 33.4 Å². The molecule has 1 unspecified atom stereocenters. The van der Waals surface area contributed by atoms with E-state index in [4.69, 9.17) is 13.9 Å². The Bertz CT molecular complexity index is 804. The van der Waals surface area contributed by atoms with E-state index in [-0.39, 0.29) is 30.1 Å². The van der Waals surface area contributed by atoms with Crippen molar-refractivity contribution in [3.63, 3.8) is 0 Å². The van der Waals surface area contributed by atoms with E-state index in [1.54, 1.807) is 20.0 Å². The zero-order valence-corrected chi connectivity index (χ0v) is 19.2. The van der Waals surface area contributed by atoms with Crippen LogP contribution in [0.15, 0.2) is 39.7 Å². The minimum Gasteiger partial charge on any atom is -0.489 e. The standard InChI is InChI=1S/C20H27N3O4.HI/c1-13-7-6-8-16(9-13)26-14(2)11-22-20(21-4)23-12-17-10-18(15(3)27-17)19(24)25-5;/h6-10,14H,11-12H2,1-5H3,(H2,21,22,23);1H. The molecule has 2 aromatic rings. The number of guanidine groups is 1. The van der Waals surface area contributed by atoms with E-state index in [9.17, 15) is 4.79 Å². The molecule has 1 aromatic heterocycles. The maximum atomic E-state index is 11.6. The Labute approximate surface area is 182 Å². The van der Waals surface area contributed by atoms with Crippen LogP contribution in [-0.2, 0) is 11.3 Å². The average Bonchev–Trinajstić information content (AvgIpc) is 3.02. The molecule has 28 heavy (non-hydrogen) atoms. The van der Waals surface area contributed by atoms with Gasteiger partial charge in [0.25, 0.3) is 0 Å². The van der Waals surface area contributed by atoms with E-state index in [1.807, 2.05) is 38.1 Å². The van der Waals surface area contributed by atoms with Crippen molar-refractivity contribution >= 4 is 35.9 Å². The van der Waals surface area contributed by atoms with Crippen LogP contribution in [0.3, 0.4) is 0 Å². The van der Waals surface area contributed by atoms with E-state index in [1.165, 1.54) is 7.11 Å². The van der Waals surface area contributed by atoms with Crippen molar-refractivity contribution in [3.05, 3.63) is 53.0 Å². The molecule has 1 aromatic carbocycles. The van der Waals surface area contributed by atoms with Crippen LogP contribution in [0.4, 0.5) is 0 Å². The summed E-state index contributed by atoms with van der Waals surface area (Å²) < 4.78 is 16.2. The first-order valence-electron chi connectivity index (χ1n) is 8.78.